The molecular formula is C58H34OS. The van der Waals surface area contributed by atoms with Crippen molar-refractivity contribution in [2.24, 2.45) is 0 Å². The van der Waals surface area contributed by atoms with Crippen molar-refractivity contribution in [3.63, 3.8) is 0 Å². The average molecular weight is 779 g/mol. The van der Waals surface area contributed by atoms with Crippen molar-refractivity contribution in [2.75, 3.05) is 0 Å². The number of hydrogen-bond acceptors (Lipinski definition) is 2. The first-order valence-electron chi connectivity index (χ1n) is 20.6. The summed E-state index contributed by atoms with van der Waals surface area (Å²) in [5.74, 6) is 0. The molecule has 13 rings (SSSR count). The van der Waals surface area contributed by atoms with Gasteiger partial charge in [0.25, 0.3) is 0 Å². The van der Waals surface area contributed by atoms with E-state index >= 15 is 0 Å². The molecular weight excluding hydrogens is 745 g/mol. The number of furan rings is 1. The minimum atomic E-state index is 0.914. The van der Waals surface area contributed by atoms with Crippen LogP contribution in [0.2, 0.25) is 0 Å². The largest absolute Gasteiger partial charge is 0.456 e. The maximum Gasteiger partial charge on any atom is 0.136 e. The van der Waals surface area contributed by atoms with Crippen molar-refractivity contribution >= 4 is 96.5 Å². The fourth-order valence-electron chi connectivity index (χ4n) is 9.88. The van der Waals surface area contributed by atoms with E-state index in [1.807, 2.05) is 11.3 Å². The summed E-state index contributed by atoms with van der Waals surface area (Å²) in [4.78, 5) is 0. The highest BCUT2D eigenvalue weighted by molar-refractivity contribution is 7.25. The lowest BCUT2D eigenvalue weighted by molar-refractivity contribution is 0.669. The molecule has 0 amide bonds. The minimum Gasteiger partial charge on any atom is -0.456 e. The molecule has 0 saturated heterocycles. The third-order valence-corrected chi connectivity index (χ3v) is 13.8. The zero-order chi connectivity index (χ0) is 39.3. The highest BCUT2D eigenvalue weighted by atomic mass is 32.1. The van der Waals surface area contributed by atoms with Crippen LogP contribution in [-0.2, 0) is 0 Å². The van der Waals surface area contributed by atoms with Crippen LogP contribution in [0.25, 0.3) is 130 Å². The molecule has 0 fully saturated rings. The fraction of sp³-hybridized carbons (Fsp3) is 0. The Bertz CT molecular complexity index is 3840. The van der Waals surface area contributed by atoms with E-state index in [1.54, 1.807) is 0 Å². The Hall–Kier alpha value is -7.52. The van der Waals surface area contributed by atoms with E-state index in [0.29, 0.717) is 0 Å². The summed E-state index contributed by atoms with van der Waals surface area (Å²) in [6, 6.07) is 75.9. The molecule has 0 unspecified atom stereocenters. The van der Waals surface area contributed by atoms with Gasteiger partial charge in [0.1, 0.15) is 11.2 Å². The summed E-state index contributed by atoms with van der Waals surface area (Å²) < 4.78 is 9.05. The van der Waals surface area contributed by atoms with Gasteiger partial charge in [-0.05, 0) is 130 Å². The molecule has 0 saturated carbocycles. The maximum atomic E-state index is 6.49. The molecule has 2 heteroatoms. The first-order chi connectivity index (χ1) is 29.7. The Kier molecular flexibility index (Phi) is 7.24. The van der Waals surface area contributed by atoms with Crippen molar-refractivity contribution < 1.29 is 4.42 Å². The van der Waals surface area contributed by atoms with Crippen molar-refractivity contribution in [3.8, 4) is 44.5 Å². The Balaban J connectivity index is 0.993. The summed E-state index contributed by atoms with van der Waals surface area (Å²) in [6.07, 6.45) is 0. The second-order valence-electron chi connectivity index (χ2n) is 15.9. The van der Waals surface area contributed by atoms with Crippen molar-refractivity contribution in [3.05, 3.63) is 206 Å². The number of hydrogen-bond donors (Lipinski definition) is 0. The highest BCUT2D eigenvalue weighted by Crippen LogP contribution is 2.47. The summed E-state index contributed by atoms with van der Waals surface area (Å²) in [7, 11) is 0. The van der Waals surface area contributed by atoms with E-state index in [4.69, 9.17) is 4.42 Å². The molecule has 0 aliphatic rings. The van der Waals surface area contributed by atoms with E-state index in [0.717, 1.165) is 21.9 Å². The van der Waals surface area contributed by atoms with Gasteiger partial charge in [0, 0.05) is 30.9 Å². The number of thiophene rings is 1. The van der Waals surface area contributed by atoms with Crippen molar-refractivity contribution in [2.45, 2.75) is 0 Å². The van der Waals surface area contributed by atoms with Gasteiger partial charge in [-0.3, -0.25) is 0 Å². The van der Waals surface area contributed by atoms with Crippen molar-refractivity contribution in [1.82, 2.24) is 0 Å². The van der Waals surface area contributed by atoms with Gasteiger partial charge in [-0.25, -0.2) is 0 Å². The molecule has 0 aliphatic carbocycles. The van der Waals surface area contributed by atoms with Gasteiger partial charge in [-0.15, -0.1) is 11.3 Å². The Labute approximate surface area is 350 Å². The lowest BCUT2D eigenvalue weighted by atomic mass is 9.83. The van der Waals surface area contributed by atoms with Crippen LogP contribution < -0.4 is 0 Å². The van der Waals surface area contributed by atoms with Gasteiger partial charge in [0.15, 0.2) is 0 Å². The Morgan fingerprint density at radius 1 is 0.267 bits per heavy atom. The highest BCUT2D eigenvalue weighted by Gasteiger charge is 2.20. The minimum absolute atomic E-state index is 0.914. The molecule has 2 aromatic heterocycles. The van der Waals surface area contributed by atoms with Gasteiger partial charge in [-0.1, -0.05) is 164 Å². The quantitative estimate of drug-likeness (QED) is 0.162. The fourth-order valence-corrected chi connectivity index (χ4v) is 11.0. The summed E-state index contributed by atoms with van der Waals surface area (Å²) in [6.45, 7) is 0. The SMILES string of the molecule is c1cc(-c2ccc3ccccc3c2)cc(-c2c3ccccc3c(-c3ccc(-c4ccc5oc6cc7sc8ccccc8c7cc6c5c4)c4ccccc34)c3ccccc23)c1. The van der Waals surface area contributed by atoms with Gasteiger partial charge in [0.05, 0.1) is 0 Å². The molecule has 1 nitrogen and oxygen atoms in total. The number of rotatable bonds is 4. The number of benzene rings is 11. The van der Waals surface area contributed by atoms with Crippen LogP contribution in [0.1, 0.15) is 0 Å². The lowest BCUT2D eigenvalue weighted by Crippen LogP contribution is -1.92. The van der Waals surface area contributed by atoms with Crippen LogP contribution in [0.3, 0.4) is 0 Å². The van der Waals surface area contributed by atoms with Crippen LogP contribution in [0, 0.1) is 0 Å². The van der Waals surface area contributed by atoms with Gasteiger partial charge in [0.2, 0.25) is 0 Å². The second kappa shape index (κ2) is 13.0. The molecule has 2 heterocycles. The second-order valence-corrected chi connectivity index (χ2v) is 17.0. The first kappa shape index (κ1) is 33.5. The maximum absolute atomic E-state index is 6.49. The standard InChI is InChI=1S/C58H34OS/c1-2-13-36-30-38(25-24-35(36)12-1)37-14-11-15-40(31-37)57-45-19-5-7-21-47(45)58(48-22-8-6-20-46(48)57)49-28-27-41(42-16-3-4-17-43(42)49)39-26-29-53-50(32-39)51-33-52-44-18-9-10-23-55(44)60-56(52)34-54(51)59-53/h1-34H. The van der Waals surface area contributed by atoms with Crippen LogP contribution in [-0.4, -0.2) is 0 Å². The molecule has 60 heavy (non-hydrogen) atoms. The zero-order valence-electron chi connectivity index (χ0n) is 32.4. The zero-order valence-corrected chi connectivity index (χ0v) is 33.3. The molecule has 0 N–H and O–H groups in total. The lowest BCUT2D eigenvalue weighted by Gasteiger charge is -2.20. The van der Waals surface area contributed by atoms with E-state index in [1.165, 1.54) is 108 Å². The van der Waals surface area contributed by atoms with Gasteiger partial charge in [-0.2, -0.15) is 0 Å². The van der Waals surface area contributed by atoms with Crippen LogP contribution >= 0.6 is 11.3 Å². The molecule has 13 aromatic rings. The Morgan fingerprint density at radius 3 is 1.63 bits per heavy atom. The van der Waals surface area contributed by atoms with E-state index in [2.05, 4.69) is 206 Å². The van der Waals surface area contributed by atoms with E-state index < -0.39 is 0 Å². The predicted octanol–water partition coefficient (Wildman–Crippen LogP) is 17.2. The monoisotopic (exact) mass is 778 g/mol. The molecule has 0 aliphatic heterocycles. The summed E-state index contributed by atoms with van der Waals surface area (Å²) in [5, 5.41) is 14.9. The van der Waals surface area contributed by atoms with Crippen molar-refractivity contribution in [1.29, 1.82) is 0 Å². The van der Waals surface area contributed by atoms with Gasteiger partial charge < -0.3 is 4.42 Å². The number of fused-ring (bicyclic) bond motifs is 10. The van der Waals surface area contributed by atoms with Gasteiger partial charge >= 0.3 is 0 Å². The molecule has 0 radical (unpaired) electrons. The third-order valence-electron chi connectivity index (χ3n) is 12.6. The molecule has 0 spiro atoms. The predicted molar refractivity (Wildman–Crippen MR) is 258 cm³/mol. The third kappa shape index (κ3) is 5.05. The first-order valence-corrected chi connectivity index (χ1v) is 21.4. The van der Waals surface area contributed by atoms with E-state index in [-0.39, 0.29) is 0 Å². The van der Waals surface area contributed by atoms with E-state index in [9.17, 15) is 0 Å². The summed E-state index contributed by atoms with van der Waals surface area (Å²) >= 11 is 1.83. The molecule has 11 aromatic carbocycles. The molecule has 0 bridgehead atoms. The molecule has 0 atom stereocenters. The average Bonchev–Trinajstić information content (AvgIpc) is 3.86. The Morgan fingerprint density at radius 2 is 0.850 bits per heavy atom. The normalized spacial score (nSPS) is 12.0. The van der Waals surface area contributed by atoms with Crippen LogP contribution in [0.4, 0.5) is 0 Å². The summed E-state index contributed by atoms with van der Waals surface area (Å²) in [5.41, 5.74) is 11.7. The topological polar surface area (TPSA) is 13.1 Å². The smallest absolute Gasteiger partial charge is 0.136 e. The van der Waals surface area contributed by atoms with Crippen LogP contribution in [0.5, 0.6) is 0 Å². The van der Waals surface area contributed by atoms with Crippen LogP contribution in [0.15, 0.2) is 211 Å². The molecule has 278 valence electrons.